The normalized spacial score (nSPS) is 12.5. The van der Waals surface area contributed by atoms with Gasteiger partial charge in [-0.3, -0.25) is 14.3 Å². The van der Waals surface area contributed by atoms with Gasteiger partial charge in [0.25, 0.3) is 5.91 Å². The molecule has 0 heterocycles. The molecule has 0 saturated heterocycles. The average Bonchev–Trinajstić information content (AvgIpc) is 2.67. The summed E-state index contributed by atoms with van der Waals surface area (Å²) in [5.74, 6) is -1.54. The summed E-state index contributed by atoms with van der Waals surface area (Å²) in [6, 6.07) is 14.8. The van der Waals surface area contributed by atoms with Crippen LogP contribution < -0.4 is 10.6 Å². The number of urea groups is 1. The van der Waals surface area contributed by atoms with Gasteiger partial charge < -0.3 is 10.1 Å². The summed E-state index contributed by atoms with van der Waals surface area (Å²) in [4.78, 5) is 36.4. The lowest BCUT2D eigenvalue weighted by molar-refractivity contribution is -0.127. The molecule has 0 bridgehead atoms. The van der Waals surface area contributed by atoms with Crippen molar-refractivity contribution in [3.8, 4) is 0 Å². The Balaban J connectivity index is 1.89. The van der Waals surface area contributed by atoms with Gasteiger partial charge in [-0.1, -0.05) is 42.5 Å². The Kier molecular flexibility index (Phi) is 7.25. The number of esters is 1. The number of nitrogens with one attached hydrogen (secondary N) is 2. The van der Waals surface area contributed by atoms with Crippen LogP contribution in [0, 0.1) is 0 Å². The van der Waals surface area contributed by atoms with Gasteiger partial charge in [0, 0.05) is 12.8 Å². The fraction of sp³-hybridized carbons (Fsp3) is 0.211. The van der Waals surface area contributed by atoms with Crippen molar-refractivity contribution >= 4 is 28.7 Å². The summed E-state index contributed by atoms with van der Waals surface area (Å²) >= 11 is 0. The molecule has 8 heteroatoms. The van der Waals surface area contributed by atoms with Crippen molar-refractivity contribution in [1.29, 1.82) is 0 Å². The van der Waals surface area contributed by atoms with Crippen molar-refractivity contribution in [3.63, 3.8) is 0 Å². The molecule has 142 valence electrons. The van der Waals surface area contributed by atoms with Crippen LogP contribution in [0.3, 0.4) is 0 Å². The first kappa shape index (κ1) is 20.3. The van der Waals surface area contributed by atoms with Crippen LogP contribution in [0.25, 0.3) is 0 Å². The molecule has 2 atom stereocenters. The molecule has 0 aliphatic carbocycles. The number of hydrogen-bond donors (Lipinski definition) is 2. The molecule has 0 spiro atoms. The van der Waals surface area contributed by atoms with E-state index < -0.39 is 34.8 Å². The van der Waals surface area contributed by atoms with Crippen LogP contribution in [0.1, 0.15) is 22.8 Å². The second kappa shape index (κ2) is 9.63. The molecule has 2 aromatic carbocycles. The maximum Gasteiger partial charge on any atom is 0.340 e. The fourth-order valence-electron chi connectivity index (χ4n) is 2.20. The number of rotatable bonds is 6. The van der Waals surface area contributed by atoms with E-state index >= 15 is 0 Å². The molecule has 3 amide bonds. The zero-order valence-corrected chi connectivity index (χ0v) is 15.7. The van der Waals surface area contributed by atoms with E-state index in [4.69, 9.17) is 4.74 Å². The van der Waals surface area contributed by atoms with Crippen LogP contribution in [0.4, 0.5) is 4.79 Å². The number of amides is 3. The van der Waals surface area contributed by atoms with Gasteiger partial charge in [0.1, 0.15) is 0 Å². The summed E-state index contributed by atoms with van der Waals surface area (Å²) in [7, 11) is -1.38. The third-order valence-corrected chi connectivity index (χ3v) is 4.58. The number of carbonyl (C=O) groups excluding carboxylic acids is 3. The molecular formula is C19H20N2O5S. The highest BCUT2D eigenvalue weighted by Gasteiger charge is 2.22. The summed E-state index contributed by atoms with van der Waals surface area (Å²) in [6.07, 6.45) is 0.248. The van der Waals surface area contributed by atoms with Crippen molar-refractivity contribution in [1.82, 2.24) is 10.6 Å². The number of hydrogen-bond acceptors (Lipinski definition) is 5. The van der Waals surface area contributed by atoms with Gasteiger partial charge in [0.05, 0.1) is 21.3 Å². The molecule has 7 nitrogen and oxygen atoms in total. The number of carbonyl (C=O) groups is 3. The maximum atomic E-state index is 12.2. The van der Waals surface area contributed by atoms with E-state index in [1.165, 1.54) is 19.2 Å². The second-order valence-electron chi connectivity index (χ2n) is 5.66. The molecule has 2 N–H and O–H groups in total. The predicted octanol–water partition coefficient (Wildman–Crippen LogP) is 2.00. The summed E-state index contributed by atoms with van der Waals surface area (Å²) in [6.45, 7) is 1.60. The molecule has 0 aliphatic rings. The topological polar surface area (TPSA) is 102 Å². The van der Waals surface area contributed by atoms with Gasteiger partial charge >= 0.3 is 12.0 Å². The highest BCUT2D eigenvalue weighted by atomic mass is 32.2. The Bertz CT molecular complexity index is 854. The fourth-order valence-corrected chi connectivity index (χ4v) is 2.93. The number of ether oxygens (including phenoxy) is 1. The van der Waals surface area contributed by atoms with Crippen LogP contribution >= 0.6 is 0 Å². The van der Waals surface area contributed by atoms with Crippen LogP contribution in [0.2, 0.25) is 0 Å². The van der Waals surface area contributed by atoms with Gasteiger partial charge in [0.15, 0.2) is 6.10 Å². The third kappa shape index (κ3) is 6.03. The average molecular weight is 388 g/mol. The molecule has 0 saturated carbocycles. The molecule has 0 aromatic heterocycles. The Labute approximate surface area is 159 Å². The van der Waals surface area contributed by atoms with Crippen molar-refractivity contribution < 1.29 is 23.3 Å². The lowest BCUT2D eigenvalue weighted by Gasteiger charge is -2.14. The van der Waals surface area contributed by atoms with E-state index in [-0.39, 0.29) is 12.1 Å². The van der Waals surface area contributed by atoms with Gasteiger partial charge in [-0.05, 0) is 24.6 Å². The minimum Gasteiger partial charge on any atom is -0.449 e. The van der Waals surface area contributed by atoms with Crippen LogP contribution in [-0.2, 0) is 26.9 Å². The highest BCUT2D eigenvalue weighted by molar-refractivity contribution is 7.84. The molecular weight excluding hydrogens is 368 g/mol. The number of benzene rings is 2. The van der Waals surface area contributed by atoms with Crippen LogP contribution in [-0.4, -0.2) is 34.5 Å². The van der Waals surface area contributed by atoms with Crippen molar-refractivity contribution in [3.05, 3.63) is 65.7 Å². The van der Waals surface area contributed by atoms with E-state index in [0.29, 0.717) is 4.90 Å². The first-order valence-electron chi connectivity index (χ1n) is 8.14. The van der Waals surface area contributed by atoms with Crippen molar-refractivity contribution in [2.45, 2.75) is 24.5 Å². The monoisotopic (exact) mass is 388 g/mol. The molecule has 0 aliphatic heterocycles. The lowest BCUT2D eigenvalue weighted by Crippen LogP contribution is -2.44. The predicted molar refractivity (Wildman–Crippen MR) is 100 cm³/mol. The van der Waals surface area contributed by atoms with Crippen LogP contribution in [0.15, 0.2) is 59.5 Å². The van der Waals surface area contributed by atoms with Gasteiger partial charge in [-0.2, -0.15) is 0 Å². The first-order valence-corrected chi connectivity index (χ1v) is 9.70. The molecule has 0 radical (unpaired) electrons. The minimum atomic E-state index is -1.38. The van der Waals surface area contributed by atoms with Crippen molar-refractivity contribution in [2.24, 2.45) is 0 Å². The van der Waals surface area contributed by atoms with E-state index in [2.05, 4.69) is 10.6 Å². The molecule has 2 rings (SSSR count). The third-order valence-electron chi connectivity index (χ3n) is 3.60. The molecule has 0 fully saturated rings. The van der Waals surface area contributed by atoms with Gasteiger partial charge in [0.2, 0.25) is 0 Å². The highest BCUT2D eigenvalue weighted by Crippen LogP contribution is 2.14. The van der Waals surface area contributed by atoms with E-state index in [1.807, 2.05) is 30.3 Å². The largest absolute Gasteiger partial charge is 0.449 e. The number of imide groups is 1. The Morgan fingerprint density at radius 3 is 2.33 bits per heavy atom. The molecule has 0 unspecified atom stereocenters. The van der Waals surface area contributed by atoms with E-state index in [9.17, 15) is 18.6 Å². The van der Waals surface area contributed by atoms with E-state index in [1.54, 1.807) is 18.2 Å². The Hall–Kier alpha value is -3.00. The van der Waals surface area contributed by atoms with Crippen LogP contribution in [0.5, 0.6) is 0 Å². The Morgan fingerprint density at radius 1 is 1.04 bits per heavy atom. The van der Waals surface area contributed by atoms with Crippen molar-refractivity contribution in [2.75, 3.05) is 6.26 Å². The second-order valence-corrected chi connectivity index (χ2v) is 7.00. The Morgan fingerprint density at radius 2 is 1.67 bits per heavy atom. The van der Waals surface area contributed by atoms with Gasteiger partial charge in [-0.25, -0.2) is 9.59 Å². The summed E-state index contributed by atoms with van der Waals surface area (Å²) in [5, 5.41) is 4.66. The lowest BCUT2D eigenvalue weighted by atomic mass is 10.2. The zero-order chi connectivity index (χ0) is 19.8. The van der Waals surface area contributed by atoms with Gasteiger partial charge in [-0.15, -0.1) is 0 Å². The summed E-state index contributed by atoms with van der Waals surface area (Å²) in [5.41, 5.74) is 0.996. The molecule has 2 aromatic rings. The molecule has 27 heavy (non-hydrogen) atoms. The zero-order valence-electron chi connectivity index (χ0n) is 14.9. The quantitative estimate of drug-likeness (QED) is 0.737. The SMILES string of the molecule is C[C@H](OC(=O)c1ccccc1[S@@](C)=O)C(=O)NC(=O)NCc1ccccc1. The van der Waals surface area contributed by atoms with E-state index in [0.717, 1.165) is 5.56 Å². The minimum absolute atomic E-state index is 0.117. The first-order chi connectivity index (χ1) is 12.9. The maximum absolute atomic E-state index is 12.2. The standard InChI is InChI=1S/C19H20N2O5S/c1-13(26-18(23)15-10-6-7-11-16(15)27(2)25)17(22)21-19(24)20-12-14-8-4-3-5-9-14/h3-11,13H,12H2,1-2H3,(H2,20,21,22,24)/t13-,27+/m0/s1. The summed E-state index contributed by atoms with van der Waals surface area (Å²) < 4.78 is 16.8. The smallest absolute Gasteiger partial charge is 0.340 e.